The molecule has 1 aliphatic rings. The van der Waals surface area contributed by atoms with Gasteiger partial charge in [0.2, 0.25) is 0 Å². The van der Waals surface area contributed by atoms with E-state index in [4.69, 9.17) is 0 Å². The van der Waals surface area contributed by atoms with Crippen LogP contribution in [-0.4, -0.2) is 24.5 Å². The van der Waals surface area contributed by atoms with Crippen LogP contribution in [0.3, 0.4) is 0 Å². The van der Waals surface area contributed by atoms with E-state index in [9.17, 15) is 0 Å². The minimum atomic E-state index is 0.994. The fourth-order valence-electron chi connectivity index (χ4n) is 1.23. The maximum atomic E-state index is 3.15. The van der Waals surface area contributed by atoms with Gasteiger partial charge in [0, 0.05) is 6.42 Å². The maximum Gasteiger partial charge on any atom is 0.0601 e. The Morgan fingerprint density at radius 1 is 1.08 bits per heavy atom. The smallest absolute Gasteiger partial charge is 0.0601 e. The van der Waals surface area contributed by atoms with Crippen LogP contribution in [0.2, 0.25) is 0 Å². The summed E-state index contributed by atoms with van der Waals surface area (Å²) in [5, 5.41) is 0. The topological polar surface area (TPSA) is 3.24 Å². The summed E-state index contributed by atoms with van der Waals surface area (Å²) in [5.41, 5.74) is 0. The molecule has 0 radical (unpaired) electrons. The number of likely N-dealkylation sites (tertiary alicyclic amines) is 1. The molecule has 1 aliphatic heterocycles. The molecule has 0 spiro atoms. The van der Waals surface area contributed by atoms with Crippen molar-refractivity contribution in [3.05, 3.63) is 0 Å². The Hall–Kier alpha value is -0.480. The highest BCUT2D eigenvalue weighted by Gasteiger charge is 2.08. The molecule has 0 aromatic heterocycles. The minimum absolute atomic E-state index is 0.994. The largest absolute Gasteiger partial charge is 0.292 e. The molecule has 0 unspecified atom stereocenters. The van der Waals surface area contributed by atoms with Gasteiger partial charge in [-0.1, -0.05) is 26.7 Å². The van der Waals surface area contributed by atoms with Gasteiger partial charge < -0.3 is 0 Å². The van der Waals surface area contributed by atoms with Crippen LogP contribution in [0.5, 0.6) is 0 Å². The third-order valence-electron chi connectivity index (χ3n) is 1.80. The summed E-state index contributed by atoms with van der Waals surface area (Å²) >= 11 is 0. The summed E-state index contributed by atoms with van der Waals surface area (Å²) in [4.78, 5) is 2.42. The molecule has 1 heteroatoms. The number of rotatable bonds is 1. The zero-order valence-electron chi connectivity index (χ0n) is 8.69. The average Bonchev–Trinajstić information content (AvgIpc) is 2.61. The Bertz CT molecular complexity index is 135. The molecule has 0 atom stereocenters. The molecule has 1 fully saturated rings. The molecule has 12 heavy (non-hydrogen) atoms. The first-order valence-electron chi connectivity index (χ1n) is 5.11. The quantitative estimate of drug-likeness (QED) is 0.542. The fraction of sp³-hybridized carbons (Fsp3) is 0.818. The van der Waals surface area contributed by atoms with E-state index in [1.54, 1.807) is 0 Å². The lowest BCUT2D eigenvalue weighted by Crippen LogP contribution is -2.18. The summed E-state index contributed by atoms with van der Waals surface area (Å²) in [6.07, 6.45) is 3.73. The van der Waals surface area contributed by atoms with E-state index in [1.807, 2.05) is 13.8 Å². The second-order valence-electron chi connectivity index (χ2n) is 2.69. The molecule has 0 bridgehead atoms. The van der Waals surface area contributed by atoms with Crippen LogP contribution >= 0.6 is 0 Å². The maximum absolute atomic E-state index is 3.15. The first-order valence-corrected chi connectivity index (χ1v) is 5.11. The molecule has 0 aromatic rings. The van der Waals surface area contributed by atoms with Crippen LogP contribution in [0.1, 0.15) is 40.0 Å². The monoisotopic (exact) mass is 167 g/mol. The van der Waals surface area contributed by atoms with Gasteiger partial charge in [0.05, 0.1) is 6.54 Å². The molecule has 0 N–H and O–H groups in total. The summed E-state index contributed by atoms with van der Waals surface area (Å²) < 4.78 is 0. The van der Waals surface area contributed by atoms with Crippen LogP contribution in [0.25, 0.3) is 0 Å². The van der Waals surface area contributed by atoms with Crippen molar-refractivity contribution in [1.29, 1.82) is 0 Å². The van der Waals surface area contributed by atoms with Crippen LogP contribution in [0, 0.1) is 11.8 Å². The Morgan fingerprint density at radius 2 is 1.67 bits per heavy atom. The van der Waals surface area contributed by atoms with Crippen LogP contribution in [0.15, 0.2) is 0 Å². The van der Waals surface area contributed by atoms with E-state index >= 15 is 0 Å². The zero-order chi connectivity index (χ0) is 9.23. The van der Waals surface area contributed by atoms with Gasteiger partial charge in [0.25, 0.3) is 0 Å². The highest BCUT2D eigenvalue weighted by atomic mass is 15.1. The van der Waals surface area contributed by atoms with Gasteiger partial charge in [0.1, 0.15) is 0 Å². The lowest BCUT2D eigenvalue weighted by atomic mass is 10.4. The average molecular weight is 167 g/mol. The van der Waals surface area contributed by atoms with E-state index in [2.05, 4.69) is 23.7 Å². The van der Waals surface area contributed by atoms with Crippen molar-refractivity contribution in [2.75, 3.05) is 19.6 Å². The Morgan fingerprint density at radius 3 is 2.17 bits per heavy atom. The van der Waals surface area contributed by atoms with Gasteiger partial charge in [-0.2, -0.15) is 0 Å². The zero-order valence-corrected chi connectivity index (χ0v) is 8.69. The Labute approximate surface area is 77.1 Å². The van der Waals surface area contributed by atoms with Gasteiger partial charge in [-0.15, -0.1) is 5.92 Å². The van der Waals surface area contributed by atoms with Crippen LogP contribution in [-0.2, 0) is 0 Å². The van der Waals surface area contributed by atoms with E-state index in [1.165, 1.54) is 25.9 Å². The molecular formula is C11H21N. The second kappa shape index (κ2) is 8.62. The van der Waals surface area contributed by atoms with Crippen molar-refractivity contribution < 1.29 is 0 Å². The van der Waals surface area contributed by atoms with Crippen LogP contribution < -0.4 is 0 Å². The molecule has 1 saturated heterocycles. The SMILES string of the molecule is CC.CCC#CCN1CCCC1. The van der Waals surface area contributed by atoms with Crippen molar-refractivity contribution in [1.82, 2.24) is 4.90 Å². The van der Waals surface area contributed by atoms with Crippen LogP contribution in [0.4, 0.5) is 0 Å². The first kappa shape index (κ1) is 11.5. The predicted octanol–water partition coefficient (Wildman–Crippen LogP) is 2.52. The Kier molecular flexibility index (Phi) is 8.27. The normalized spacial score (nSPS) is 15.9. The molecule has 0 aliphatic carbocycles. The number of hydrogen-bond acceptors (Lipinski definition) is 1. The van der Waals surface area contributed by atoms with Crippen molar-refractivity contribution in [3.8, 4) is 11.8 Å². The van der Waals surface area contributed by atoms with Gasteiger partial charge >= 0.3 is 0 Å². The lowest BCUT2D eigenvalue weighted by Gasteiger charge is -2.08. The van der Waals surface area contributed by atoms with E-state index in [0.717, 1.165) is 13.0 Å². The third-order valence-corrected chi connectivity index (χ3v) is 1.80. The van der Waals surface area contributed by atoms with Gasteiger partial charge in [-0.3, -0.25) is 4.90 Å². The molecule has 0 saturated carbocycles. The van der Waals surface area contributed by atoms with Gasteiger partial charge in [0.15, 0.2) is 0 Å². The first-order chi connectivity index (χ1) is 5.93. The standard InChI is InChI=1S/C9H15N.C2H6/c1-2-3-4-7-10-8-5-6-9-10;1-2/h2,5-9H2,1H3;1-2H3. The molecule has 0 aromatic carbocycles. The van der Waals surface area contributed by atoms with E-state index in [-0.39, 0.29) is 0 Å². The number of hydrogen-bond donors (Lipinski definition) is 0. The summed E-state index contributed by atoms with van der Waals surface area (Å²) in [5.74, 6) is 6.24. The summed E-state index contributed by atoms with van der Waals surface area (Å²) in [7, 11) is 0. The number of nitrogens with zero attached hydrogens (tertiary/aromatic N) is 1. The van der Waals surface area contributed by atoms with Crippen molar-refractivity contribution >= 4 is 0 Å². The van der Waals surface area contributed by atoms with E-state index in [0.29, 0.717) is 0 Å². The highest BCUT2D eigenvalue weighted by molar-refractivity contribution is 5.00. The predicted molar refractivity (Wildman–Crippen MR) is 55.1 cm³/mol. The molecule has 1 rings (SSSR count). The molecule has 0 amide bonds. The Balaban J connectivity index is 0.000000561. The van der Waals surface area contributed by atoms with Gasteiger partial charge in [-0.25, -0.2) is 0 Å². The second-order valence-corrected chi connectivity index (χ2v) is 2.69. The molecule has 1 nitrogen and oxygen atoms in total. The van der Waals surface area contributed by atoms with Crippen molar-refractivity contribution in [2.24, 2.45) is 0 Å². The third kappa shape index (κ3) is 5.21. The van der Waals surface area contributed by atoms with Crippen molar-refractivity contribution in [2.45, 2.75) is 40.0 Å². The summed E-state index contributed by atoms with van der Waals surface area (Å²) in [6, 6.07) is 0. The highest BCUT2D eigenvalue weighted by Crippen LogP contribution is 2.05. The molecule has 70 valence electrons. The molecule has 1 heterocycles. The molecular weight excluding hydrogens is 146 g/mol. The van der Waals surface area contributed by atoms with E-state index < -0.39 is 0 Å². The minimum Gasteiger partial charge on any atom is -0.292 e. The lowest BCUT2D eigenvalue weighted by molar-refractivity contribution is 0.383. The summed E-state index contributed by atoms with van der Waals surface area (Å²) in [6.45, 7) is 9.61. The van der Waals surface area contributed by atoms with Gasteiger partial charge in [-0.05, 0) is 25.9 Å². The van der Waals surface area contributed by atoms with Crippen molar-refractivity contribution in [3.63, 3.8) is 0 Å². The fourth-order valence-corrected chi connectivity index (χ4v) is 1.23.